The van der Waals surface area contributed by atoms with Gasteiger partial charge < -0.3 is 4.74 Å². The molecule has 1 rings (SSSR count). The predicted octanol–water partition coefficient (Wildman–Crippen LogP) is 2.17. The second-order valence-corrected chi connectivity index (χ2v) is 5.30. The van der Waals surface area contributed by atoms with Crippen LogP contribution >= 0.6 is 22.9 Å². The number of hydrogen-bond donors (Lipinski definition) is 1. The Balaban J connectivity index is 2.55. The molecular weight excluding hydrogens is 246 g/mol. The molecule has 0 aliphatic rings. The van der Waals surface area contributed by atoms with Gasteiger partial charge in [0.05, 0.1) is 10.9 Å². The number of carbonyl (C=O) groups excluding carboxylic acids is 1. The van der Waals surface area contributed by atoms with Gasteiger partial charge in [0, 0.05) is 0 Å². The van der Waals surface area contributed by atoms with Gasteiger partial charge in [-0.3, -0.25) is 0 Å². The van der Waals surface area contributed by atoms with Crippen molar-refractivity contribution in [3.05, 3.63) is 16.5 Å². The minimum atomic E-state index is -1.58. The molecule has 1 aromatic heterocycles. The van der Waals surface area contributed by atoms with Gasteiger partial charge in [-0.05, 0) is 19.1 Å². The normalized spacial score (nSPS) is 12.1. The number of ether oxygens (including phenoxy) is 1. The third-order valence-electron chi connectivity index (χ3n) is 1.18. The van der Waals surface area contributed by atoms with Crippen LogP contribution in [0.1, 0.15) is 6.92 Å². The zero-order valence-corrected chi connectivity index (χ0v) is 9.67. The van der Waals surface area contributed by atoms with Crippen molar-refractivity contribution in [1.82, 2.24) is 4.72 Å². The summed E-state index contributed by atoms with van der Waals surface area (Å²) in [5.41, 5.74) is 0. The molecule has 14 heavy (non-hydrogen) atoms. The second-order valence-electron chi connectivity index (χ2n) is 2.15. The van der Waals surface area contributed by atoms with Crippen molar-refractivity contribution >= 4 is 40.0 Å². The highest BCUT2D eigenvalue weighted by atomic mass is 35.5. The Bertz CT molecular complexity index is 352. The van der Waals surface area contributed by atoms with Crippen LogP contribution < -0.4 is 4.72 Å². The van der Waals surface area contributed by atoms with E-state index in [1.54, 1.807) is 19.1 Å². The van der Waals surface area contributed by atoms with Crippen molar-refractivity contribution in [3.8, 4) is 0 Å². The summed E-state index contributed by atoms with van der Waals surface area (Å²) in [7, 11) is -1.58. The summed E-state index contributed by atoms with van der Waals surface area (Å²) in [6.07, 6.45) is -0.699. The first-order valence-corrected chi connectivity index (χ1v) is 6.08. The highest BCUT2D eigenvalue weighted by molar-refractivity contribution is 7.86. The molecule has 0 bridgehead atoms. The van der Waals surface area contributed by atoms with Gasteiger partial charge in [-0.1, -0.05) is 11.6 Å². The zero-order valence-electron chi connectivity index (χ0n) is 7.28. The average Bonchev–Trinajstić information content (AvgIpc) is 2.52. The summed E-state index contributed by atoms with van der Waals surface area (Å²) < 4.78 is 19.2. The smallest absolute Gasteiger partial charge is 0.419 e. The van der Waals surface area contributed by atoms with E-state index in [4.69, 9.17) is 11.6 Å². The molecule has 0 aliphatic heterocycles. The monoisotopic (exact) mass is 253 g/mol. The number of carbonyl (C=O) groups is 1. The number of halogens is 1. The molecule has 1 unspecified atom stereocenters. The lowest BCUT2D eigenvalue weighted by atomic mass is 10.7. The van der Waals surface area contributed by atoms with Gasteiger partial charge in [0.1, 0.15) is 4.21 Å². The number of thiophene rings is 1. The van der Waals surface area contributed by atoms with E-state index in [2.05, 4.69) is 9.46 Å². The van der Waals surface area contributed by atoms with Gasteiger partial charge in [0.2, 0.25) is 0 Å². The molecule has 0 saturated heterocycles. The molecule has 0 aliphatic carbocycles. The summed E-state index contributed by atoms with van der Waals surface area (Å²) >= 11 is 6.79. The van der Waals surface area contributed by atoms with Crippen molar-refractivity contribution in [2.24, 2.45) is 0 Å². The van der Waals surface area contributed by atoms with Gasteiger partial charge >= 0.3 is 6.09 Å². The fourth-order valence-corrected chi connectivity index (χ4v) is 2.80. The first kappa shape index (κ1) is 11.5. The topological polar surface area (TPSA) is 55.4 Å². The van der Waals surface area contributed by atoms with Crippen LogP contribution in [-0.2, 0) is 15.7 Å². The zero-order chi connectivity index (χ0) is 10.6. The Morgan fingerprint density at radius 3 is 2.93 bits per heavy atom. The number of nitrogens with one attached hydrogen (secondary N) is 1. The number of rotatable bonds is 3. The van der Waals surface area contributed by atoms with Crippen LogP contribution in [0.25, 0.3) is 0 Å². The SMILES string of the molecule is CCOC(=O)NS(=O)c1ccc(Cl)s1. The molecule has 0 aromatic carbocycles. The molecule has 1 heterocycles. The van der Waals surface area contributed by atoms with E-state index >= 15 is 0 Å². The minimum absolute atomic E-state index is 0.244. The maximum atomic E-state index is 11.4. The van der Waals surface area contributed by atoms with Crippen molar-refractivity contribution in [2.75, 3.05) is 6.61 Å². The van der Waals surface area contributed by atoms with Gasteiger partial charge in [0.25, 0.3) is 0 Å². The third-order valence-corrected chi connectivity index (χ3v) is 3.77. The maximum Gasteiger partial charge on any atom is 0.419 e. The minimum Gasteiger partial charge on any atom is -0.449 e. The van der Waals surface area contributed by atoms with Gasteiger partial charge in [-0.15, -0.1) is 11.3 Å². The Morgan fingerprint density at radius 2 is 2.43 bits per heavy atom. The molecule has 0 radical (unpaired) electrons. The van der Waals surface area contributed by atoms with E-state index in [-0.39, 0.29) is 6.61 Å². The summed E-state index contributed by atoms with van der Waals surface area (Å²) in [6, 6.07) is 3.21. The Morgan fingerprint density at radius 1 is 1.71 bits per heavy atom. The lowest BCUT2D eigenvalue weighted by Crippen LogP contribution is -2.25. The van der Waals surface area contributed by atoms with E-state index in [1.165, 1.54) is 0 Å². The van der Waals surface area contributed by atoms with Crippen molar-refractivity contribution in [1.29, 1.82) is 0 Å². The van der Waals surface area contributed by atoms with Crippen LogP contribution in [0, 0.1) is 0 Å². The fraction of sp³-hybridized carbons (Fsp3) is 0.286. The van der Waals surface area contributed by atoms with Crippen molar-refractivity contribution in [2.45, 2.75) is 11.1 Å². The van der Waals surface area contributed by atoms with Gasteiger partial charge in [0.15, 0.2) is 11.0 Å². The third kappa shape index (κ3) is 3.28. The lowest BCUT2D eigenvalue weighted by Gasteiger charge is -2.01. The van der Waals surface area contributed by atoms with E-state index in [0.29, 0.717) is 8.55 Å². The first-order valence-electron chi connectivity index (χ1n) is 3.74. The van der Waals surface area contributed by atoms with Crippen molar-refractivity contribution in [3.63, 3.8) is 0 Å². The molecule has 1 aromatic rings. The standard InChI is InChI=1S/C7H8ClNO3S2/c1-2-12-7(10)9-14(11)6-4-3-5(8)13-6/h3-4H,2H2,1H3,(H,9,10). The summed E-state index contributed by atoms with van der Waals surface area (Å²) in [4.78, 5) is 10.9. The lowest BCUT2D eigenvalue weighted by molar-refractivity contribution is 0.159. The average molecular weight is 254 g/mol. The van der Waals surface area contributed by atoms with Crippen LogP contribution in [0.2, 0.25) is 4.34 Å². The van der Waals surface area contributed by atoms with Crippen LogP contribution in [-0.4, -0.2) is 16.9 Å². The first-order chi connectivity index (χ1) is 6.63. The molecule has 4 nitrogen and oxygen atoms in total. The number of hydrogen-bond acceptors (Lipinski definition) is 4. The van der Waals surface area contributed by atoms with Crippen LogP contribution in [0.4, 0.5) is 4.79 Å². The van der Waals surface area contributed by atoms with E-state index in [9.17, 15) is 9.00 Å². The molecular formula is C7H8ClNO3S2. The summed E-state index contributed by atoms with van der Waals surface area (Å²) in [5.74, 6) is 0. The van der Waals surface area contributed by atoms with Crippen LogP contribution in [0.15, 0.2) is 16.3 Å². The number of amides is 1. The molecule has 7 heteroatoms. The predicted molar refractivity (Wildman–Crippen MR) is 55.9 cm³/mol. The largest absolute Gasteiger partial charge is 0.449 e. The van der Waals surface area contributed by atoms with E-state index in [1.807, 2.05) is 0 Å². The van der Waals surface area contributed by atoms with Crippen molar-refractivity contribution < 1.29 is 13.7 Å². The highest BCUT2D eigenvalue weighted by Crippen LogP contribution is 2.23. The van der Waals surface area contributed by atoms with Crippen LogP contribution in [0.5, 0.6) is 0 Å². The molecule has 1 atom stereocenters. The Hall–Kier alpha value is -0.590. The van der Waals surface area contributed by atoms with E-state index in [0.717, 1.165) is 11.3 Å². The fourth-order valence-electron chi connectivity index (χ4n) is 0.684. The molecule has 1 N–H and O–H groups in total. The molecule has 0 spiro atoms. The Kier molecular flexibility index (Phi) is 4.37. The molecule has 0 saturated carbocycles. The molecule has 1 amide bonds. The maximum absolute atomic E-state index is 11.4. The Labute approximate surface area is 92.8 Å². The van der Waals surface area contributed by atoms with E-state index < -0.39 is 17.1 Å². The molecule has 0 fully saturated rings. The van der Waals surface area contributed by atoms with Gasteiger partial charge in [-0.2, -0.15) is 0 Å². The summed E-state index contributed by atoms with van der Waals surface area (Å²) in [6.45, 7) is 1.92. The second kappa shape index (κ2) is 5.33. The highest BCUT2D eigenvalue weighted by Gasteiger charge is 2.10. The van der Waals surface area contributed by atoms with Gasteiger partial charge in [-0.25, -0.2) is 13.7 Å². The molecule has 78 valence electrons. The quantitative estimate of drug-likeness (QED) is 0.898. The summed E-state index contributed by atoms with van der Waals surface area (Å²) in [5, 5.41) is 0. The van der Waals surface area contributed by atoms with Crippen LogP contribution in [0.3, 0.4) is 0 Å².